The lowest BCUT2D eigenvalue weighted by Crippen LogP contribution is -2.03. The van der Waals surface area contributed by atoms with Crippen molar-refractivity contribution in [2.24, 2.45) is 0 Å². The number of carbonyl (C=O) groups is 1. The van der Waals surface area contributed by atoms with E-state index < -0.39 is 0 Å². The Hall–Kier alpha value is -1.20. The van der Waals surface area contributed by atoms with Crippen LogP contribution < -0.4 is 0 Å². The fourth-order valence-electron chi connectivity index (χ4n) is 1.35. The second-order valence-electron chi connectivity index (χ2n) is 3.27. The molecule has 0 aliphatic rings. The predicted octanol–water partition coefficient (Wildman–Crippen LogP) is 3.75. The molecule has 0 radical (unpaired) electrons. The quantitative estimate of drug-likeness (QED) is 0.810. The van der Waals surface area contributed by atoms with E-state index in [0.29, 0.717) is 12.2 Å². The van der Waals surface area contributed by atoms with Crippen LogP contribution in [-0.2, 0) is 4.74 Å². The molecule has 88 valence electrons. The predicted molar refractivity (Wildman–Crippen MR) is 71.2 cm³/mol. The molecule has 0 amide bonds. The van der Waals surface area contributed by atoms with Gasteiger partial charge in [-0.2, -0.15) is 0 Å². The minimum atomic E-state index is -0.292. The van der Waals surface area contributed by atoms with Crippen molar-refractivity contribution in [3.05, 3.63) is 39.8 Å². The van der Waals surface area contributed by atoms with Crippen molar-refractivity contribution in [1.82, 2.24) is 4.98 Å². The van der Waals surface area contributed by atoms with Crippen LogP contribution in [0, 0.1) is 0 Å². The summed E-state index contributed by atoms with van der Waals surface area (Å²) in [6, 6.07) is 7.25. The number of halogens is 1. The summed E-state index contributed by atoms with van der Waals surface area (Å²) < 4.78 is 5.91. The Bertz CT molecular complexity index is 522. The fraction of sp³-hybridized carbons (Fsp3) is 0.167. The van der Waals surface area contributed by atoms with Crippen LogP contribution in [0.4, 0.5) is 0 Å². The highest BCUT2D eigenvalue weighted by Gasteiger charge is 2.07. The molecular formula is C12H10BrNO2S. The van der Waals surface area contributed by atoms with E-state index >= 15 is 0 Å². The standard InChI is InChI=1S/C12H10BrNO2S/c1-2-16-12(15)9-5-3-8(4-6-9)11-14-7-10(13)17-11/h3-7H,2H2,1H3. The minimum Gasteiger partial charge on any atom is -0.462 e. The van der Waals surface area contributed by atoms with Crippen molar-refractivity contribution in [2.45, 2.75) is 6.92 Å². The summed E-state index contributed by atoms with van der Waals surface area (Å²) in [5.41, 5.74) is 1.56. The molecule has 0 unspecified atom stereocenters. The number of thiazole rings is 1. The van der Waals surface area contributed by atoms with Crippen molar-refractivity contribution >= 4 is 33.2 Å². The maximum atomic E-state index is 11.5. The van der Waals surface area contributed by atoms with Gasteiger partial charge in [-0.05, 0) is 35.0 Å². The van der Waals surface area contributed by atoms with Gasteiger partial charge in [0.1, 0.15) is 5.01 Å². The molecule has 0 saturated heterocycles. The Kier molecular flexibility index (Phi) is 3.91. The summed E-state index contributed by atoms with van der Waals surface area (Å²) in [7, 11) is 0. The maximum absolute atomic E-state index is 11.5. The van der Waals surface area contributed by atoms with E-state index in [9.17, 15) is 4.79 Å². The van der Waals surface area contributed by atoms with Gasteiger partial charge in [-0.25, -0.2) is 9.78 Å². The highest BCUT2D eigenvalue weighted by atomic mass is 79.9. The van der Waals surface area contributed by atoms with Crippen molar-refractivity contribution in [2.75, 3.05) is 6.61 Å². The van der Waals surface area contributed by atoms with Gasteiger partial charge >= 0.3 is 5.97 Å². The van der Waals surface area contributed by atoms with Crippen LogP contribution in [0.25, 0.3) is 10.6 Å². The number of aromatic nitrogens is 1. The maximum Gasteiger partial charge on any atom is 0.338 e. The molecule has 0 aliphatic carbocycles. The second kappa shape index (κ2) is 5.42. The first kappa shape index (κ1) is 12.3. The van der Waals surface area contributed by atoms with Gasteiger partial charge in [-0.3, -0.25) is 0 Å². The van der Waals surface area contributed by atoms with Gasteiger partial charge in [0.15, 0.2) is 0 Å². The van der Waals surface area contributed by atoms with Crippen molar-refractivity contribution in [3.8, 4) is 10.6 Å². The second-order valence-corrected chi connectivity index (χ2v) is 5.68. The monoisotopic (exact) mass is 311 g/mol. The topological polar surface area (TPSA) is 39.2 Å². The summed E-state index contributed by atoms with van der Waals surface area (Å²) in [5.74, 6) is -0.292. The summed E-state index contributed by atoms with van der Waals surface area (Å²) in [5, 5.41) is 0.923. The highest BCUT2D eigenvalue weighted by Crippen LogP contribution is 2.28. The van der Waals surface area contributed by atoms with E-state index in [4.69, 9.17) is 4.74 Å². The van der Waals surface area contributed by atoms with Crippen molar-refractivity contribution in [1.29, 1.82) is 0 Å². The summed E-state index contributed by atoms with van der Waals surface area (Å²) in [6.45, 7) is 2.18. The van der Waals surface area contributed by atoms with Gasteiger partial charge in [-0.15, -0.1) is 11.3 Å². The third-order valence-corrected chi connectivity index (χ3v) is 3.65. The first-order chi connectivity index (χ1) is 8.20. The molecular weight excluding hydrogens is 302 g/mol. The van der Waals surface area contributed by atoms with E-state index in [1.165, 1.54) is 0 Å². The molecule has 0 fully saturated rings. The van der Waals surface area contributed by atoms with Crippen LogP contribution in [0.15, 0.2) is 34.2 Å². The number of carbonyl (C=O) groups excluding carboxylic acids is 1. The lowest BCUT2D eigenvalue weighted by atomic mass is 10.1. The zero-order valence-corrected chi connectivity index (χ0v) is 11.5. The zero-order chi connectivity index (χ0) is 12.3. The van der Waals surface area contributed by atoms with E-state index in [2.05, 4.69) is 20.9 Å². The smallest absolute Gasteiger partial charge is 0.338 e. The Labute approximate surface area is 112 Å². The van der Waals surface area contributed by atoms with Gasteiger partial charge in [0.25, 0.3) is 0 Å². The molecule has 0 aliphatic heterocycles. The number of ether oxygens (including phenoxy) is 1. The van der Waals surface area contributed by atoms with Crippen LogP contribution >= 0.6 is 27.3 Å². The lowest BCUT2D eigenvalue weighted by molar-refractivity contribution is 0.0526. The molecule has 3 nitrogen and oxygen atoms in total. The third kappa shape index (κ3) is 2.92. The molecule has 0 saturated carbocycles. The van der Waals surface area contributed by atoms with Crippen LogP contribution in [0.3, 0.4) is 0 Å². The number of hydrogen-bond donors (Lipinski definition) is 0. The van der Waals surface area contributed by atoms with Crippen molar-refractivity contribution in [3.63, 3.8) is 0 Å². The average molecular weight is 312 g/mol. The number of hydrogen-bond acceptors (Lipinski definition) is 4. The number of esters is 1. The van der Waals surface area contributed by atoms with E-state index in [1.807, 2.05) is 12.1 Å². The summed E-state index contributed by atoms with van der Waals surface area (Å²) in [6.07, 6.45) is 1.76. The fourth-order valence-corrected chi connectivity index (χ4v) is 2.56. The van der Waals surface area contributed by atoms with E-state index in [0.717, 1.165) is 14.4 Å². The van der Waals surface area contributed by atoms with Crippen LogP contribution in [0.1, 0.15) is 17.3 Å². The SMILES string of the molecule is CCOC(=O)c1ccc(-c2ncc(Br)s2)cc1. The summed E-state index contributed by atoms with van der Waals surface area (Å²) >= 11 is 4.92. The van der Waals surface area contributed by atoms with E-state index in [-0.39, 0.29) is 5.97 Å². The average Bonchev–Trinajstić information content (AvgIpc) is 2.76. The lowest BCUT2D eigenvalue weighted by Gasteiger charge is -2.02. The van der Waals surface area contributed by atoms with Gasteiger partial charge < -0.3 is 4.74 Å². The Morgan fingerprint density at radius 1 is 1.41 bits per heavy atom. The van der Waals surface area contributed by atoms with Gasteiger partial charge in [0, 0.05) is 5.56 Å². The first-order valence-electron chi connectivity index (χ1n) is 5.09. The van der Waals surface area contributed by atoms with Crippen LogP contribution in [0.5, 0.6) is 0 Å². The third-order valence-electron chi connectivity index (χ3n) is 2.12. The first-order valence-corrected chi connectivity index (χ1v) is 6.70. The molecule has 0 spiro atoms. The molecule has 1 heterocycles. The van der Waals surface area contributed by atoms with Crippen LogP contribution in [0.2, 0.25) is 0 Å². The van der Waals surface area contributed by atoms with E-state index in [1.54, 1.807) is 36.6 Å². The minimum absolute atomic E-state index is 0.292. The number of nitrogens with zero attached hydrogens (tertiary/aromatic N) is 1. The summed E-state index contributed by atoms with van der Waals surface area (Å²) in [4.78, 5) is 15.7. The number of benzene rings is 1. The highest BCUT2D eigenvalue weighted by molar-refractivity contribution is 9.11. The molecule has 2 rings (SSSR count). The molecule has 1 aromatic heterocycles. The van der Waals surface area contributed by atoms with Crippen molar-refractivity contribution < 1.29 is 9.53 Å². The number of rotatable bonds is 3. The zero-order valence-electron chi connectivity index (χ0n) is 9.14. The molecule has 0 N–H and O–H groups in total. The Balaban J connectivity index is 2.21. The normalized spacial score (nSPS) is 10.2. The Morgan fingerprint density at radius 3 is 2.65 bits per heavy atom. The van der Waals surface area contributed by atoms with Crippen LogP contribution in [-0.4, -0.2) is 17.6 Å². The molecule has 0 atom stereocenters. The van der Waals surface area contributed by atoms with Gasteiger partial charge in [0.05, 0.1) is 22.2 Å². The Morgan fingerprint density at radius 2 is 2.12 bits per heavy atom. The van der Waals surface area contributed by atoms with Gasteiger partial charge in [-0.1, -0.05) is 12.1 Å². The molecule has 17 heavy (non-hydrogen) atoms. The largest absolute Gasteiger partial charge is 0.462 e. The molecule has 0 bridgehead atoms. The molecule has 5 heteroatoms. The molecule has 1 aromatic carbocycles. The molecule has 2 aromatic rings. The van der Waals surface area contributed by atoms with Gasteiger partial charge in [0.2, 0.25) is 0 Å².